The molecule has 1 saturated carbocycles. The fourth-order valence-corrected chi connectivity index (χ4v) is 2.94. The SMILES string of the molecule is CCOC(C)c1nc(CC)c(CNC2CC2)s1. The second kappa shape index (κ2) is 5.94. The average Bonchev–Trinajstić information content (AvgIpc) is 3.05. The summed E-state index contributed by atoms with van der Waals surface area (Å²) in [5, 5.41) is 4.68. The molecule has 4 heteroatoms. The van der Waals surface area contributed by atoms with Crippen molar-refractivity contribution in [3.8, 4) is 0 Å². The van der Waals surface area contributed by atoms with Crippen LogP contribution in [0, 0.1) is 0 Å². The Morgan fingerprint density at radius 3 is 2.82 bits per heavy atom. The first-order chi connectivity index (χ1) is 8.24. The lowest BCUT2D eigenvalue weighted by molar-refractivity contribution is 0.0761. The van der Waals surface area contributed by atoms with Gasteiger partial charge in [-0.05, 0) is 33.1 Å². The molecule has 1 aliphatic rings. The van der Waals surface area contributed by atoms with E-state index in [0.717, 1.165) is 30.6 Å². The molecule has 2 rings (SSSR count). The lowest BCUT2D eigenvalue weighted by Gasteiger charge is -2.06. The minimum Gasteiger partial charge on any atom is -0.372 e. The van der Waals surface area contributed by atoms with Crippen molar-refractivity contribution in [2.45, 2.75) is 58.7 Å². The Hall–Kier alpha value is -0.450. The summed E-state index contributed by atoms with van der Waals surface area (Å²) in [6.07, 6.45) is 3.81. The van der Waals surface area contributed by atoms with Gasteiger partial charge in [0.2, 0.25) is 0 Å². The molecular formula is C13H22N2OS. The van der Waals surface area contributed by atoms with Crippen LogP contribution in [0.2, 0.25) is 0 Å². The van der Waals surface area contributed by atoms with Crippen molar-refractivity contribution in [1.29, 1.82) is 0 Å². The lowest BCUT2D eigenvalue weighted by atomic mass is 10.3. The van der Waals surface area contributed by atoms with Crippen molar-refractivity contribution >= 4 is 11.3 Å². The number of aromatic nitrogens is 1. The maximum absolute atomic E-state index is 5.61. The van der Waals surface area contributed by atoms with E-state index in [9.17, 15) is 0 Å². The molecule has 1 unspecified atom stereocenters. The molecule has 1 heterocycles. The number of nitrogens with one attached hydrogen (secondary N) is 1. The maximum atomic E-state index is 5.61. The van der Waals surface area contributed by atoms with Crippen LogP contribution in [-0.4, -0.2) is 17.6 Å². The molecule has 3 nitrogen and oxygen atoms in total. The van der Waals surface area contributed by atoms with Crippen LogP contribution in [0.5, 0.6) is 0 Å². The highest BCUT2D eigenvalue weighted by molar-refractivity contribution is 7.11. The molecule has 0 aliphatic heterocycles. The first-order valence-electron chi connectivity index (χ1n) is 6.58. The molecule has 1 aliphatic carbocycles. The molecule has 0 radical (unpaired) electrons. The van der Waals surface area contributed by atoms with Crippen LogP contribution in [0.15, 0.2) is 0 Å². The lowest BCUT2D eigenvalue weighted by Crippen LogP contribution is -2.15. The highest BCUT2D eigenvalue weighted by Gasteiger charge is 2.22. The predicted molar refractivity (Wildman–Crippen MR) is 71.4 cm³/mol. The summed E-state index contributed by atoms with van der Waals surface area (Å²) in [5.74, 6) is 0. The van der Waals surface area contributed by atoms with Crippen molar-refractivity contribution in [1.82, 2.24) is 10.3 Å². The molecule has 1 aromatic heterocycles. The topological polar surface area (TPSA) is 34.1 Å². The number of hydrogen-bond donors (Lipinski definition) is 1. The summed E-state index contributed by atoms with van der Waals surface area (Å²) in [7, 11) is 0. The van der Waals surface area contributed by atoms with Gasteiger partial charge in [-0.2, -0.15) is 0 Å². The minimum absolute atomic E-state index is 0.130. The van der Waals surface area contributed by atoms with Crippen molar-refractivity contribution in [3.05, 3.63) is 15.6 Å². The first kappa shape index (κ1) is 13.0. The van der Waals surface area contributed by atoms with E-state index in [1.54, 1.807) is 11.3 Å². The van der Waals surface area contributed by atoms with Gasteiger partial charge in [-0.15, -0.1) is 11.3 Å². The molecule has 1 N–H and O–H groups in total. The third kappa shape index (κ3) is 3.50. The van der Waals surface area contributed by atoms with Gasteiger partial charge < -0.3 is 10.1 Å². The Labute approximate surface area is 108 Å². The third-order valence-electron chi connectivity index (χ3n) is 3.02. The Bertz CT molecular complexity index is 360. The van der Waals surface area contributed by atoms with Gasteiger partial charge in [-0.25, -0.2) is 4.98 Å². The number of nitrogens with zero attached hydrogens (tertiary/aromatic N) is 1. The molecular weight excluding hydrogens is 232 g/mol. The highest BCUT2D eigenvalue weighted by Crippen LogP contribution is 2.27. The summed E-state index contributed by atoms with van der Waals surface area (Å²) in [6, 6.07) is 0.759. The average molecular weight is 254 g/mol. The maximum Gasteiger partial charge on any atom is 0.122 e. The molecule has 0 bridgehead atoms. The van der Waals surface area contributed by atoms with Crippen molar-refractivity contribution in [3.63, 3.8) is 0 Å². The molecule has 0 spiro atoms. The molecule has 1 fully saturated rings. The van der Waals surface area contributed by atoms with E-state index in [-0.39, 0.29) is 6.10 Å². The van der Waals surface area contributed by atoms with E-state index in [1.165, 1.54) is 23.4 Å². The smallest absolute Gasteiger partial charge is 0.122 e. The summed E-state index contributed by atoms with van der Waals surface area (Å²) in [4.78, 5) is 6.09. The van der Waals surface area contributed by atoms with Gasteiger partial charge in [0.15, 0.2) is 0 Å². The van der Waals surface area contributed by atoms with Crippen LogP contribution in [0.4, 0.5) is 0 Å². The Morgan fingerprint density at radius 2 is 2.24 bits per heavy atom. The molecule has 0 aromatic carbocycles. The van der Waals surface area contributed by atoms with Gasteiger partial charge in [0.05, 0.1) is 5.69 Å². The minimum atomic E-state index is 0.130. The van der Waals surface area contributed by atoms with Gasteiger partial charge in [0, 0.05) is 24.1 Å². The molecule has 0 amide bonds. The van der Waals surface area contributed by atoms with E-state index in [1.807, 2.05) is 6.92 Å². The van der Waals surface area contributed by atoms with Crippen LogP contribution in [-0.2, 0) is 17.7 Å². The predicted octanol–water partition coefficient (Wildman–Crippen LogP) is 3.06. The number of aryl methyl sites for hydroxylation is 1. The monoisotopic (exact) mass is 254 g/mol. The summed E-state index contributed by atoms with van der Waals surface area (Å²) < 4.78 is 5.61. The summed E-state index contributed by atoms with van der Waals surface area (Å²) in [6.45, 7) is 8.01. The summed E-state index contributed by atoms with van der Waals surface area (Å²) >= 11 is 1.80. The van der Waals surface area contributed by atoms with Gasteiger partial charge in [-0.1, -0.05) is 6.92 Å². The highest BCUT2D eigenvalue weighted by atomic mass is 32.1. The second-order valence-corrected chi connectivity index (χ2v) is 5.64. The fraction of sp³-hybridized carbons (Fsp3) is 0.769. The standard InChI is InChI=1S/C13H22N2OS/c1-4-11-12(8-14-10-6-7-10)17-13(15-11)9(3)16-5-2/h9-10,14H,4-8H2,1-3H3. The summed E-state index contributed by atoms with van der Waals surface area (Å²) in [5.41, 5.74) is 1.24. The Balaban J connectivity index is 2.01. The number of rotatable bonds is 7. The Morgan fingerprint density at radius 1 is 1.47 bits per heavy atom. The second-order valence-electron chi connectivity index (χ2n) is 4.53. The first-order valence-corrected chi connectivity index (χ1v) is 7.39. The van der Waals surface area contributed by atoms with Crippen LogP contribution in [0.25, 0.3) is 0 Å². The number of hydrogen-bond acceptors (Lipinski definition) is 4. The largest absolute Gasteiger partial charge is 0.372 e. The molecule has 1 atom stereocenters. The van der Waals surface area contributed by atoms with Gasteiger partial charge in [0.25, 0.3) is 0 Å². The van der Waals surface area contributed by atoms with Gasteiger partial charge in [0.1, 0.15) is 11.1 Å². The van der Waals surface area contributed by atoms with E-state index in [0.29, 0.717) is 0 Å². The van der Waals surface area contributed by atoms with E-state index < -0.39 is 0 Å². The van der Waals surface area contributed by atoms with Crippen LogP contribution < -0.4 is 5.32 Å². The van der Waals surface area contributed by atoms with Crippen LogP contribution >= 0.6 is 11.3 Å². The zero-order valence-electron chi connectivity index (χ0n) is 11.0. The molecule has 1 aromatic rings. The molecule has 0 saturated heterocycles. The van der Waals surface area contributed by atoms with Crippen molar-refractivity contribution in [2.24, 2.45) is 0 Å². The van der Waals surface area contributed by atoms with E-state index >= 15 is 0 Å². The van der Waals surface area contributed by atoms with Crippen molar-refractivity contribution < 1.29 is 4.74 Å². The Kier molecular flexibility index (Phi) is 4.54. The fourth-order valence-electron chi connectivity index (χ4n) is 1.84. The zero-order valence-corrected chi connectivity index (χ0v) is 11.8. The van der Waals surface area contributed by atoms with E-state index in [4.69, 9.17) is 9.72 Å². The van der Waals surface area contributed by atoms with Crippen LogP contribution in [0.1, 0.15) is 55.3 Å². The van der Waals surface area contributed by atoms with E-state index in [2.05, 4.69) is 19.2 Å². The molecule has 96 valence electrons. The van der Waals surface area contributed by atoms with Gasteiger partial charge in [-0.3, -0.25) is 0 Å². The normalized spacial score (nSPS) is 17.4. The third-order valence-corrected chi connectivity index (χ3v) is 4.28. The number of thiazole rings is 1. The van der Waals surface area contributed by atoms with Crippen LogP contribution in [0.3, 0.4) is 0 Å². The van der Waals surface area contributed by atoms with Crippen molar-refractivity contribution in [2.75, 3.05) is 6.61 Å². The molecule has 17 heavy (non-hydrogen) atoms. The zero-order chi connectivity index (χ0) is 12.3. The quantitative estimate of drug-likeness (QED) is 0.812. The van der Waals surface area contributed by atoms with Gasteiger partial charge >= 0.3 is 0 Å². The number of ether oxygens (including phenoxy) is 1.